The summed E-state index contributed by atoms with van der Waals surface area (Å²) in [6.45, 7) is 1.94. The maximum atomic E-state index is 9.63. The predicted octanol–water partition coefficient (Wildman–Crippen LogP) is 4.16. The third-order valence-corrected chi connectivity index (χ3v) is 2.56. The van der Waals surface area contributed by atoms with Crippen LogP contribution in [0.15, 0.2) is 52.7 Å². The molecule has 2 aromatic rings. The van der Waals surface area contributed by atoms with Crippen LogP contribution in [0.2, 0.25) is 0 Å². The molecule has 4 nitrogen and oxygen atoms in total. The molecule has 4 heteroatoms. The van der Waals surface area contributed by atoms with E-state index < -0.39 is 0 Å². The number of rotatable bonds is 3. The first-order valence-corrected chi connectivity index (χ1v) is 5.68. The van der Waals surface area contributed by atoms with E-state index in [0.717, 1.165) is 16.9 Å². The molecule has 0 atom stereocenters. The second kappa shape index (κ2) is 5.31. The number of hydrogen-bond donors (Lipinski definition) is 2. The molecule has 2 aromatic carbocycles. The van der Waals surface area contributed by atoms with Gasteiger partial charge in [-0.3, -0.25) is 0 Å². The Kier molecular flexibility index (Phi) is 3.57. The Hall–Kier alpha value is -2.36. The Balaban J connectivity index is 2.21. The summed E-state index contributed by atoms with van der Waals surface area (Å²) in [5, 5.41) is 20.8. The lowest BCUT2D eigenvalue weighted by molar-refractivity contribution is 0.476. The van der Waals surface area contributed by atoms with Crippen LogP contribution in [0.25, 0.3) is 0 Å². The van der Waals surface area contributed by atoms with Crippen molar-refractivity contribution in [2.45, 2.75) is 6.92 Å². The van der Waals surface area contributed by atoms with Crippen LogP contribution in [0, 0.1) is 6.92 Å². The zero-order chi connectivity index (χ0) is 13.0. The SMILES string of the molecule is CNc1ccc(/N=N/c2cc(C)ccc2O)cc1. The number of anilines is 1. The molecule has 0 fully saturated rings. The van der Waals surface area contributed by atoms with Crippen molar-refractivity contribution < 1.29 is 5.11 Å². The average Bonchev–Trinajstić information content (AvgIpc) is 2.40. The van der Waals surface area contributed by atoms with Crippen LogP contribution >= 0.6 is 0 Å². The van der Waals surface area contributed by atoms with Crippen molar-refractivity contribution in [3.63, 3.8) is 0 Å². The summed E-state index contributed by atoms with van der Waals surface area (Å²) in [5.74, 6) is 0.135. The maximum absolute atomic E-state index is 9.63. The molecule has 18 heavy (non-hydrogen) atoms. The van der Waals surface area contributed by atoms with Gasteiger partial charge in [0.25, 0.3) is 0 Å². The van der Waals surface area contributed by atoms with Gasteiger partial charge in [0.1, 0.15) is 11.4 Å². The van der Waals surface area contributed by atoms with Gasteiger partial charge in [0, 0.05) is 12.7 Å². The highest BCUT2D eigenvalue weighted by Crippen LogP contribution is 2.29. The summed E-state index contributed by atoms with van der Waals surface area (Å²) < 4.78 is 0. The van der Waals surface area contributed by atoms with Crippen molar-refractivity contribution in [3.8, 4) is 5.75 Å². The first-order chi connectivity index (χ1) is 8.69. The van der Waals surface area contributed by atoms with E-state index >= 15 is 0 Å². The summed E-state index contributed by atoms with van der Waals surface area (Å²) in [4.78, 5) is 0. The molecule has 0 aromatic heterocycles. The van der Waals surface area contributed by atoms with Gasteiger partial charge in [-0.2, -0.15) is 5.11 Å². The van der Waals surface area contributed by atoms with E-state index in [9.17, 15) is 5.11 Å². The first-order valence-electron chi connectivity index (χ1n) is 5.68. The van der Waals surface area contributed by atoms with Gasteiger partial charge in [-0.25, -0.2) is 0 Å². The number of nitrogens with one attached hydrogen (secondary N) is 1. The second-order valence-corrected chi connectivity index (χ2v) is 3.99. The highest BCUT2D eigenvalue weighted by molar-refractivity contribution is 5.53. The highest BCUT2D eigenvalue weighted by Gasteiger charge is 1.99. The molecule has 0 amide bonds. The molecule has 2 rings (SSSR count). The molecule has 0 heterocycles. The number of hydrogen-bond acceptors (Lipinski definition) is 4. The summed E-state index contributed by atoms with van der Waals surface area (Å²) >= 11 is 0. The van der Waals surface area contributed by atoms with Gasteiger partial charge in [-0.05, 0) is 48.9 Å². The van der Waals surface area contributed by atoms with Crippen LogP contribution < -0.4 is 5.32 Å². The van der Waals surface area contributed by atoms with E-state index in [-0.39, 0.29) is 5.75 Å². The standard InChI is InChI=1S/C14H15N3O/c1-10-3-8-14(18)13(9-10)17-16-12-6-4-11(15-2)5-7-12/h3-9,15,18H,1-2H3/b17-16+. The molecule has 0 saturated carbocycles. The monoisotopic (exact) mass is 241 g/mol. The lowest BCUT2D eigenvalue weighted by Gasteiger charge is -2.00. The van der Waals surface area contributed by atoms with Crippen molar-refractivity contribution >= 4 is 17.1 Å². The normalized spacial score (nSPS) is 10.8. The molecule has 0 radical (unpaired) electrons. The Bertz CT molecular complexity index is 562. The Morgan fingerprint density at radius 3 is 2.39 bits per heavy atom. The van der Waals surface area contributed by atoms with E-state index in [2.05, 4.69) is 15.5 Å². The number of phenols is 1. The molecule has 92 valence electrons. The van der Waals surface area contributed by atoms with Crippen LogP contribution in [-0.4, -0.2) is 12.2 Å². The molecular formula is C14H15N3O. The van der Waals surface area contributed by atoms with Gasteiger partial charge in [0.2, 0.25) is 0 Å². The van der Waals surface area contributed by atoms with E-state index in [1.807, 2.05) is 44.3 Å². The number of benzene rings is 2. The second-order valence-electron chi connectivity index (χ2n) is 3.99. The van der Waals surface area contributed by atoms with Crippen LogP contribution in [0.5, 0.6) is 5.75 Å². The van der Waals surface area contributed by atoms with Gasteiger partial charge in [-0.15, -0.1) is 5.11 Å². The largest absolute Gasteiger partial charge is 0.506 e. The quantitative estimate of drug-likeness (QED) is 0.793. The zero-order valence-electron chi connectivity index (χ0n) is 10.4. The third-order valence-electron chi connectivity index (χ3n) is 2.56. The fourth-order valence-electron chi connectivity index (χ4n) is 1.52. The number of aromatic hydroxyl groups is 1. The third kappa shape index (κ3) is 2.85. The van der Waals surface area contributed by atoms with E-state index in [0.29, 0.717) is 5.69 Å². The smallest absolute Gasteiger partial charge is 0.143 e. The number of azo groups is 1. The summed E-state index contributed by atoms with van der Waals surface area (Å²) in [6.07, 6.45) is 0. The number of aryl methyl sites for hydroxylation is 1. The van der Waals surface area contributed by atoms with Crippen LogP contribution in [-0.2, 0) is 0 Å². The van der Waals surface area contributed by atoms with Crippen LogP contribution in [0.1, 0.15) is 5.56 Å². The molecule has 0 spiro atoms. The number of phenolic OH excluding ortho intramolecular Hbond substituents is 1. The van der Waals surface area contributed by atoms with Crippen molar-refractivity contribution in [1.82, 2.24) is 0 Å². The summed E-state index contributed by atoms with van der Waals surface area (Å²) in [6, 6.07) is 12.8. The van der Waals surface area contributed by atoms with Crippen molar-refractivity contribution in [3.05, 3.63) is 48.0 Å². The molecule has 0 unspecified atom stereocenters. The molecule has 0 bridgehead atoms. The van der Waals surface area contributed by atoms with Gasteiger partial charge in [-0.1, -0.05) is 6.07 Å². The lowest BCUT2D eigenvalue weighted by Crippen LogP contribution is -1.85. The van der Waals surface area contributed by atoms with Gasteiger partial charge in [0.15, 0.2) is 0 Å². The molecular weight excluding hydrogens is 226 g/mol. The first kappa shape index (κ1) is 12.1. The van der Waals surface area contributed by atoms with E-state index in [4.69, 9.17) is 0 Å². The van der Waals surface area contributed by atoms with E-state index in [1.54, 1.807) is 12.1 Å². The molecule has 2 N–H and O–H groups in total. The summed E-state index contributed by atoms with van der Waals surface area (Å²) in [7, 11) is 1.86. The van der Waals surface area contributed by atoms with Gasteiger partial charge < -0.3 is 10.4 Å². The Labute approximate surface area is 106 Å². The van der Waals surface area contributed by atoms with Gasteiger partial charge >= 0.3 is 0 Å². The summed E-state index contributed by atoms with van der Waals surface area (Å²) in [5.41, 5.74) is 3.28. The minimum Gasteiger partial charge on any atom is -0.506 e. The van der Waals surface area contributed by atoms with Gasteiger partial charge in [0.05, 0.1) is 5.69 Å². The maximum Gasteiger partial charge on any atom is 0.143 e. The van der Waals surface area contributed by atoms with Crippen LogP contribution in [0.3, 0.4) is 0 Å². The zero-order valence-corrected chi connectivity index (χ0v) is 10.4. The van der Waals surface area contributed by atoms with Crippen molar-refractivity contribution in [2.24, 2.45) is 10.2 Å². The fraction of sp³-hybridized carbons (Fsp3) is 0.143. The lowest BCUT2D eigenvalue weighted by atomic mass is 10.2. The Morgan fingerprint density at radius 2 is 1.72 bits per heavy atom. The number of nitrogens with zero attached hydrogens (tertiary/aromatic N) is 2. The minimum absolute atomic E-state index is 0.135. The minimum atomic E-state index is 0.135. The van der Waals surface area contributed by atoms with Crippen LogP contribution in [0.4, 0.5) is 17.1 Å². The highest BCUT2D eigenvalue weighted by atomic mass is 16.3. The molecule has 0 saturated heterocycles. The molecule has 0 aliphatic carbocycles. The van der Waals surface area contributed by atoms with E-state index in [1.165, 1.54) is 0 Å². The van der Waals surface area contributed by atoms with Crippen molar-refractivity contribution in [1.29, 1.82) is 0 Å². The fourth-order valence-corrected chi connectivity index (χ4v) is 1.52. The molecule has 0 aliphatic heterocycles. The van der Waals surface area contributed by atoms with Crippen molar-refractivity contribution in [2.75, 3.05) is 12.4 Å². The molecule has 0 aliphatic rings. The topological polar surface area (TPSA) is 57.0 Å². The predicted molar refractivity (Wildman–Crippen MR) is 73.0 cm³/mol. The average molecular weight is 241 g/mol. The Morgan fingerprint density at radius 1 is 1.00 bits per heavy atom.